The highest BCUT2D eigenvalue weighted by atomic mass is 16.5. The Bertz CT molecular complexity index is 568. The normalized spacial score (nSPS) is 10.2. The van der Waals surface area contributed by atoms with Gasteiger partial charge in [-0.3, -0.25) is 9.89 Å². The Morgan fingerprint density at radius 1 is 1.50 bits per heavy atom. The summed E-state index contributed by atoms with van der Waals surface area (Å²) in [7, 11) is 1.51. The number of H-pyrrole nitrogens is 1. The summed E-state index contributed by atoms with van der Waals surface area (Å²) in [5.41, 5.74) is 6.68. The predicted molar refractivity (Wildman–Crippen MR) is 74.4 cm³/mol. The van der Waals surface area contributed by atoms with E-state index in [1.807, 2.05) is 0 Å². The number of aromatic amines is 1. The molecule has 0 radical (unpaired) electrons. The number of hydrogen-bond acceptors (Lipinski definition) is 5. The molecule has 106 valence electrons. The van der Waals surface area contributed by atoms with Crippen LogP contribution in [0.25, 0.3) is 0 Å². The van der Waals surface area contributed by atoms with Crippen molar-refractivity contribution >= 4 is 11.6 Å². The quantitative estimate of drug-likeness (QED) is 0.533. The number of hydrogen-bond donors (Lipinski definition) is 3. The number of ether oxygens (including phenoxy) is 1. The highest BCUT2D eigenvalue weighted by Gasteiger charge is 2.11. The molecule has 0 saturated carbocycles. The average Bonchev–Trinajstić information content (AvgIpc) is 2.96. The summed E-state index contributed by atoms with van der Waals surface area (Å²) >= 11 is 0. The molecule has 1 amide bonds. The van der Waals surface area contributed by atoms with Gasteiger partial charge in [0.1, 0.15) is 17.9 Å². The molecule has 2 rings (SSSR count). The molecule has 1 heterocycles. The smallest absolute Gasteiger partial charge is 0.255 e. The van der Waals surface area contributed by atoms with Crippen molar-refractivity contribution in [3.8, 4) is 5.75 Å². The molecule has 4 N–H and O–H groups in total. The van der Waals surface area contributed by atoms with E-state index in [1.54, 1.807) is 18.2 Å². The van der Waals surface area contributed by atoms with Crippen LogP contribution in [-0.4, -0.2) is 34.7 Å². The fraction of sp³-hybridized carbons (Fsp3) is 0.308. The third-order valence-corrected chi connectivity index (χ3v) is 2.81. The van der Waals surface area contributed by atoms with E-state index < -0.39 is 0 Å². The zero-order valence-corrected chi connectivity index (χ0v) is 11.2. The van der Waals surface area contributed by atoms with Gasteiger partial charge in [-0.2, -0.15) is 5.10 Å². The molecule has 0 bridgehead atoms. The molecular weight excluding hydrogens is 258 g/mol. The molecule has 0 unspecified atom stereocenters. The van der Waals surface area contributed by atoms with E-state index in [2.05, 4.69) is 20.5 Å². The van der Waals surface area contributed by atoms with E-state index in [0.29, 0.717) is 23.5 Å². The van der Waals surface area contributed by atoms with Crippen molar-refractivity contribution in [3.05, 3.63) is 35.9 Å². The summed E-state index contributed by atoms with van der Waals surface area (Å²) in [5, 5.41) is 9.37. The van der Waals surface area contributed by atoms with E-state index in [1.165, 1.54) is 13.4 Å². The Morgan fingerprint density at radius 3 is 3.05 bits per heavy atom. The van der Waals surface area contributed by atoms with Gasteiger partial charge in [-0.25, -0.2) is 4.98 Å². The molecule has 0 atom stereocenters. The van der Waals surface area contributed by atoms with Crippen molar-refractivity contribution in [2.45, 2.75) is 12.8 Å². The van der Waals surface area contributed by atoms with Gasteiger partial charge in [-0.1, -0.05) is 0 Å². The average molecular weight is 275 g/mol. The topological polar surface area (TPSA) is 106 Å². The van der Waals surface area contributed by atoms with E-state index in [0.717, 1.165) is 18.7 Å². The fourth-order valence-electron chi connectivity index (χ4n) is 1.80. The van der Waals surface area contributed by atoms with Crippen molar-refractivity contribution in [2.24, 2.45) is 0 Å². The highest BCUT2D eigenvalue weighted by Crippen LogP contribution is 2.21. The minimum Gasteiger partial charge on any atom is -0.496 e. The lowest BCUT2D eigenvalue weighted by Gasteiger charge is -2.09. The van der Waals surface area contributed by atoms with Crippen LogP contribution in [-0.2, 0) is 6.42 Å². The first-order valence-electron chi connectivity index (χ1n) is 6.26. The van der Waals surface area contributed by atoms with Crippen molar-refractivity contribution in [1.29, 1.82) is 0 Å². The Labute approximate surface area is 116 Å². The Kier molecular flexibility index (Phi) is 4.54. The number of aryl methyl sites for hydroxylation is 1. The van der Waals surface area contributed by atoms with Crippen LogP contribution in [0.4, 0.5) is 5.69 Å². The summed E-state index contributed by atoms with van der Waals surface area (Å²) in [5.74, 6) is 1.10. The molecule has 7 nitrogen and oxygen atoms in total. The number of aromatic nitrogens is 3. The summed E-state index contributed by atoms with van der Waals surface area (Å²) in [6.45, 7) is 0.549. The molecule has 1 aromatic heterocycles. The molecule has 1 aromatic carbocycles. The number of nitrogen functional groups attached to an aromatic ring is 1. The SMILES string of the molecule is COc1cc(N)ccc1C(=O)NCCCc1ncn[nH]1. The number of nitrogens with two attached hydrogens (primary N) is 1. The second-order valence-electron chi connectivity index (χ2n) is 4.25. The van der Waals surface area contributed by atoms with Crippen molar-refractivity contribution < 1.29 is 9.53 Å². The van der Waals surface area contributed by atoms with Crippen LogP contribution in [0.3, 0.4) is 0 Å². The van der Waals surface area contributed by atoms with E-state index in [9.17, 15) is 4.79 Å². The summed E-state index contributed by atoms with van der Waals surface area (Å²) in [6, 6.07) is 4.95. The number of carbonyl (C=O) groups is 1. The number of methoxy groups -OCH3 is 1. The van der Waals surface area contributed by atoms with Gasteiger partial charge in [-0.05, 0) is 18.6 Å². The van der Waals surface area contributed by atoms with Gasteiger partial charge in [-0.15, -0.1) is 0 Å². The molecule has 0 aliphatic carbocycles. The predicted octanol–water partition coefficient (Wildman–Crippen LogP) is 0.758. The maximum Gasteiger partial charge on any atom is 0.255 e. The van der Waals surface area contributed by atoms with Crippen LogP contribution in [0.5, 0.6) is 5.75 Å². The van der Waals surface area contributed by atoms with E-state index in [4.69, 9.17) is 10.5 Å². The Morgan fingerprint density at radius 2 is 2.35 bits per heavy atom. The molecule has 0 spiro atoms. The molecule has 0 aliphatic rings. The van der Waals surface area contributed by atoms with Crippen LogP contribution < -0.4 is 15.8 Å². The Hall–Kier alpha value is -2.57. The zero-order chi connectivity index (χ0) is 14.4. The largest absolute Gasteiger partial charge is 0.496 e. The van der Waals surface area contributed by atoms with Gasteiger partial charge >= 0.3 is 0 Å². The van der Waals surface area contributed by atoms with E-state index >= 15 is 0 Å². The number of anilines is 1. The second-order valence-corrected chi connectivity index (χ2v) is 4.25. The number of carbonyl (C=O) groups excluding carboxylic acids is 1. The van der Waals surface area contributed by atoms with Crippen LogP contribution in [0.1, 0.15) is 22.6 Å². The second kappa shape index (κ2) is 6.55. The number of nitrogens with one attached hydrogen (secondary N) is 2. The summed E-state index contributed by atoms with van der Waals surface area (Å²) < 4.78 is 5.15. The summed E-state index contributed by atoms with van der Waals surface area (Å²) in [6.07, 6.45) is 2.98. The molecule has 20 heavy (non-hydrogen) atoms. The standard InChI is InChI=1S/C13H17N5O2/c1-20-11-7-9(14)4-5-10(11)13(19)15-6-2-3-12-16-8-17-18-12/h4-5,7-8H,2-3,6,14H2,1H3,(H,15,19)(H,16,17,18). The lowest BCUT2D eigenvalue weighted by Crippen LogP contribution is -2.25. The monoisotopic (exact) mass is 275 g/mol. The zero-order valence-electron chi connectivity index (χ0n) is 11.2. The number of rotatable bonds is 6. The van der Waals surface area contributed by atoms with Crippen LogP contribution >= 0.6 is 0 Å². The first-order chi connectivity index (χ1) is 9.70. The lowest BCUT2D eigenvalue weighted by atomic mass is 10.1. The third-order valence-electron chi connectivity index (χ3n) is 2.81. The molecule has 0 saturated heterocycles. The van der Waals surface area contributed by atoms with Gasteiger partial charge in [0, 0.05) is 24.7 Å². The minimum absolute atomic E-state index is 0.181. The van der Waals surface area contributed by atoms with Crippen LogP contribution in [0.2, 0.25) is 0 Å². The van der Waals surface area contributed by atoms with E-state index in [-0.39, 0.29) is 5.91 Å². The molecule has 0 fully saturated rings. The van der Waals surface area contributed by atoms with Crippen molar-refractivity contribution in [2.75, 3.05) is 19.4 Å². The summed E-state index contributed by atoms with van der Waals surface area (Å²) in [4.78, 5) is 16.0. The number of amides is 1. The Balaban J connectivity index is 1.85. The highest BCUT2D eigenvalue weighted by molar-refractivity contribution is 5.97. The fourth-order valence-corrected chi connectivity index (χ4v) is 1.80. The van der Waals surface area contributed by atoms with Gasteiger partial charge in [0.25, 0.3) is 5.91 Å². The van der Waals surface area contributed by atoms with Gasteiger partial charge in [0.05, 0.1) is 12.7 Å². The molecular formula is C13H17N5O2. The molecule has 7 heteroatoms. The number of benzene rings is 1. The van der Waals surface area contributed by atoms with Crippen molar-refractivity contribution in [1.82, 2.24) is 20.5 Å². The van der Waals surface area contributed by atoms with Crippen LogP contribution in [0.15, 0.2) is 24.5 Å². The van der Waals surface area contributed by atoms with Gasteiger partial charge in [0.15, 0.2) is 0 Å². The molecule has 2 aromatic rings. The van der Waals surface area contributed by atoms with Gasteiger partial charge < -0.3 is 15.8 Å². The maximum absolute atomic E-state index is 12.0. The first kappa shape index (κ1) is 13.9. The maximum atomic E-state index is 12.0. The number of nitrogens with zero attached hydrogens (tertiary/aromatic N) is 2. The third kappa shape index (κ3) is 3.47. The molecule has 0 aliphatic heterocycles. The minimum atomic E-state index is -0.181. The van der Waals surface area contributed by atoms with Gasteiger partial charge in [0.2, 0.25) is 0 Å². The van der Waals surface area contributed by atoms with Crippen LogP contribution in [0, 0.1) is 0 Å². The van der Waals surface area contributed by atoms with Crippen molar-refractivity contribution in [3.63, 3.8) is 0 Å². The first-order valence-corrected chi connectivity index (χ1v) is 6.26. The lowest BCUT2D eigenvalue weighted by molar-refractivity contribution is 0.0950.